The van der Waals surface area contributed by atoms with Gasteiger partial charge in [-0.25, -0.2) is 4.79 Å². The van der Waals surface area contributed by atoms with Crippen LogP contribution in [0.1, 0.15) is 12.5 Å². The molecule has 0 saturated carbocycles. The van der Waals surface area contributed by atoms with Crippen LogP contribution in [0.5, 0.6) is 11.5 Å². The van der Waals surface area contributed by atoms with Crippen molar-refractivity contribution in [3.63, 3.8) is 0 Å². The molecule has 1 amide bonds. The van der Waals surface area contributed by atoms with Crippen molar-refractivity contribution in [1.29, 1.82) is 0 Å². The summed E-state index contributed by atoms with van der Waals surface area (Å²) in [6, 6.07) is 14.2. The molecule has 6 nitrogen and oxygen atoms in total. The Labute approximate surface area is 163 Å². The first-order valence-electron chi connectivity index (χ1n) is 8.49. The second kappa shape index (κ2) is 10.4. The summed E-state index contributed by atoms with van der Waals surface area (Å²) in [5.74, 6) is 0.209. The molecule has 27 heavy (non-hydrogen) atoms. The Morgan fingerprint density at radius 2 is 1.85 bits per heavy atom. The van der Waals surface area contributed by atoms with Gasteiger partial charge >= 0.3 is 5.97 Å². The van der Waals surface area contributed by atoms with Gasteiger partial charge in [-0.2, -0.15) is 0 Å². The lowest BCUT2D eigenvalue weighted by Crippen LogP contribution is -2.34. The zero-order valence-electron chi connectivity index (χ0n) is 15.2. The van der Waals surface area contributed by atoms with E-state index in [0.717, 1.165) is 5.56 Å². The number of rotatable bonds is 9. The fraction of sp³-hybridized carbons (Fsp3) is 0.300. The number of esters is 1. The van der Waals surface area contributed by atoms with Gasteiger partial charge in [0.2, 0.25) is 0 Å². The van der Waals surface area contributed by atoms with Crippen molar-refractivity contribution in [2.75, 3.05) is 19.8 Å². The molecule has 1 atom stereocenters. The summed E-state index contributed by atoms with van der Waals surface area (Å²) >= 11 is 5.79. The highest BCUT2D eigenvalue weighted by Crippen LogP contribution is 2.15. The number of hydrogen-bond donors (Lipinski definition) is 1. The van der Waals surface area contributed by atoms with Crippen LogP contribution < -0.4 is 14.8 Å². The number of halogens is 1. The Balaban J connectivity index is 1.62. The number of carbonyl (C=O) groups excluding carboxylic acids is 2. The van der Waals surface area contributed by atoms with Gasteiger partial charge in [0.25, 0.3) is 5.91 Å². The fourth-order valence-corrected chi connectivity index (χ4v) is 2.26. The number of aryl methyl sites for hydroxylation is 1. The molecule has 1 N–H and O–H groups in total. The lowest BCUT2D eigenvalue weighted by atomic mass is 10.2. The maximum Gasteiger partial charge on any atom is 0.347 e. The van der Waals surface area contributed by atoms with Crippen molar-refractivity contribution >= 4 is 23.5 Å². The van der Waals surface area contributed by atoms with Gasteiger partial charge in [0.15, 0.2) is 12.7 Å². The van der Waals surface area contributed by atoms with Gasteiger partial charge in [0.05, 0.1) is 6.54 Å². The Bertz CT molecular complexity index is 763. The van der Waals surface area contributed by atoms with Crippen LogP contribution in [0.15, 0.2) is 48.5 Å². The minimum absolute atomic E-state index is 0.286. The molecule has 0 unspecified atom stereocenters. The molecule has 0 saturated heterocycles. The van der Waals surface area contributed by atoms with E-state index in [1.54, 1.807) is 37.3 Å². The number of amides is 1. The molecule has 0 spiro atoms. The van der Waals surface area contributed by atoms with Crippen LogP contribution in [0, 0.1) is 6.92 Å². The van der Waals surface area contributed by atoms with Crippen LogP contribution in [0.25, 0.3) is 0 Å². The van der Waals surface area contributed by atoms with E-state index in [1.165, 1.54) is 0 Å². The first kappa shape index (κ1) is 20.6. The van der Waals surface area contributed by atoms with Crippen molar-refractivity contribution in [1.82, 2.24) is 5.32 Å². The molecular weight excluding hydrogens is 370 g/mol. The molecule has 0 radical (unpaired) electrons. The Kier molecular flexibility index (Phi) is 7.95. The van der Waals surface area contributed by atoms with Crippen LogP contribution in [-0.2, 0) is 14.3 Å². The third kappa shape index (κ3) is 7.58. The average molecular weight is 392 g/mol. The lowest BCUT2D eigenvalue weighted by Gasteiger charge is -2.14. The van der Waals surface area contributed by atoms with E-state index >= 15 is 0 Å². The highest BCUT2D eigenvalue weighted by Gasteiger charge is 2.17. The average Bonchev–Trinajstić information content (AvgIpc) is 2.64. The summed E-state index contributed by atoms with van der Waals surface area (Å²) in [6.45, 7) is 3.70. The fourth-order valence-electron chi connectivity index (χ4n) is 2.14. The topological polar surface area (TPSA) is 73.9 Å². The molecule has 0 heterocycles. The molecule has 144 valence electrons. The predicted octanol–water partition coefficient (Wildman–Crippen LogP) is 3.15. The molecular formula is C20H22ClNO5. The largest absolute Gasteiger partial charge is 0.492 e. The Morgan fingerprint density at radius 1 is 1.11 bits per heavy atom. The summed E-state index contributed by atoms with van der Waals surface area (Å²) < 4.78 is 15.9. The van der Waals surface area contributed by atoms with Crippen molar-refractivity contribution in [3.8, 4) is 11.5 Å². The Morgan fingerprint density at radius 3 is 2.56 bits per heavy atom. The third-order valence-corrected chi connectivity index (χ3v) is 3.74. The number of benzene rings is 2. The molecule has 0 fully saturated rings. The smallest absolute Gasteiger partial charge is 0.347 e. The van der Waals surface area contributed by atoms with Gasteiger partial charge in [0, 0.05) is 5.02 Å². The van der Waals surface area contributed by atoms with Crippen molar-refractivity contribution in [3.05, 3.63) is 59.1 Å². The molecule has 0 aliphatic rings. The van der Waals surface area contributed by atoms with Gasteiger partial charge in [-0.1, -0.05) is 23.7 Å². The number of ether oxygens (including phenoxy) is 3. The summed E-state index contributed by atoms with van der Waals surface area (Å²) in [5.41, 5.74) is 1.02. The molecule has 0 bridgehead atoms. The quantitative estimate of drug-likeness (QED) is 0.525. The number of hydrogen-bond acceptors (Lipinski definition) is 5. The summed E-state index contributed by atoms with van der Waals surface area (Å²) in [5, 5.41) is 3.23. The standard InChI is InChI=1S/C20H22ClNO5/c1-14-4-3-5-18(12-14)27-15(2)20(24)26-13-19(23)22-10-11-25-17-8-6-16(21)7-9-17/h3-9,12,15H,10-11,13H2,1-2H3,(H,22,23)/t15-/m1/s1. The lowest BCUT2D eigenvalue weighted by molar-refractivity contribution is -0.154. The van der Waals surface area contributed by atoms with Crippen LogP contribution in [-0.4, -0.2) is 37.7 Å². The Hall–Kier alpha value is -2.73. The first-order chi connectivity index (χ1) is 12.9. The van der Waals surface area contributed by atoms with E-state index in [1.807, 2.05) is 25.1 Å². The second-order valence-corrected chi connectivity index (χ2v) is 6.27. The summed E-state index contributed by atoms with van der Waals surface area (Å²) in [4.78, 5) is 23.6. The zero-order chi connectivity index (χ0) is 19.6. The third-order valence-electron chi connectivity index (χ3n) is 3.49. The molecule has 2 rings (SSSR count). The van der Waals surface area contributed by atoms with E-state index < -0.39 is 18.0 Å². The van der Waals surface area contributed by atoms with E-state index in [9.17, 15) is 9.59 Å². The van der Waals surface area contributed by atoms with Crippen molar-refractivity contribution in [2.45, 2.75) is 20.0 Å². The van der Waals surface area contributed by atoms with E-state index in [-0.39, 0.29) is 19.8 Å². The van der Waals surface area contributed by atoms with Crippen LogP contribution in [0.4, 0.5) is 0 Å². The maximum absolute atomic E-state index is 11.9. The first-order valence-corrected chi connectivity index (χ1v) is 8.87. The number of carbonyl (C=O) groups is 2. The minimum Gasteiger partial charge on any atom is -0.492 e. The number of nitrogens with one attached hydrogen (secondary N) is 1. The van der Waals surface area contributed by atoms with Crippen molar-refractivity contribution < 1.29 is 23.8 Å². The van der Waals surface area contributed by atoms with Crippen LogP contribution in [0.2, 0.25) is 5.02 Å². The summed E-state index contributed by atoms with van der Waals surface area (Å²) in [6.07, 6.45) is -0.812. The highest BCUT2D eigenvalue weighted by molar-refractivity contribution is 6.30. The molecule has 2 aromatic rings. The molecule has 2 aromatic carbocycles. The molecule has 0 aromatic heterocycles. The molecule has 0 aliphatic carbocycles. The molecule has 7 heteroatoms. The summed E-state index contributed by atoms with van der Waals surface area (Å²) in [7, 11) is 0. The molecule has 0 aliphatic heterocycles. The normalized spacial score (nSPS) is 11.4. The van der Waals surface area contributed by atoms with Crippen molar-refractivity contribution in [2.24, 2.45) is 0 Å². The SMILES string of the molecule is Cc1cccc(O[C@H](C)C(=O)OCC(=O)NCCOc2ccc(Cl)cc2)c1. The van der Waals surface area contributed by atoms with Gasteiger partial charge in [-0.15, -0.1) is 0 Å². The zero-order valence-corrected chi connectivity index (χ0v) is 16.0. The second-order valence-electron chi connectivity index (χ2n) is 5.84. The van der Waals surface area contributed by atoms with Gasteiger partial charge in [-0.05, 0) is 55.8 Å². The van der Waals surface area contributed by atoms with Gasteiger partial charge < -0.3 is 19.5 Å². The van der Waals surface area contributed by atoms with E-state index in [4.69, 9.17) is 25.8 Å². The monoisotopic (exact) mass is 391 g/mol. The van der Waals surface area contributed by atoms with E-state index in [2.05, 4.69) is 5.32 Å². The van der Waals surface area contributed by atoms with Crippen LogP contribution in [0.3, 0.4) is 0 Å². The predicted molar refractivity (Wildman–Crippen MR) is 102 cm³/mol. The maximum atomic E-state index is 11.9. The van der Waals surface area contributed by atoms with E-state index in [0.29, 0.717) is 16.5 Å². The van der Waals surface area contributed by atoms with Gasteiger partial charge in [0.1, 0.15) is 18.1 Å². The highest BCUT2D eigenvalue weighted by atomic mass is 35.5. The van der Waals surface area contributed by atoms with Crippen LogP contribution >= 0.6 is 11.6 Å². The minimum atomic E-state index is -0.812. The van der Waals surface area contributed by atoms with Gasteiger partial charge in [-0.3, -0.25) is 4.79 Å².